The molecule has 3 heterocycles. The number of H-pyrrole nitrogens is 1. The van der Waals surface area contributed by atoms with Crippen LogP contribution in [0.5, 0.6) is 0 Å². The van der Waals surface area contributed by atoms with Gasteiger partial charge in [-0.15, -0.1) is 0 Å². The molecule has 0 radical (unpaired) electrons. The molecule has 0 unspecified atom stereocenters. The van der Waals surface area contributed by atoms with Gasteiger partial charge in [0.2, 0.25) is 0 Å². The van der Waals surface area contributed by atoms with E-state index in [9.17, 15) is 14.4 Å². The summed E-state index contributed by atoms with van der Waals surface area (Å²) in [4.78, 5) is 36.5. The third kappa shape index (κ3) is 1.59. The first-order valence-corrected chi connectivity index (χ1v) is 5.69. The van der Waals surface area contributed by atoms with Crippen molar-refractivity contribution in [2.75, 3.05) is 6.61 Å². The molecule has 0 aromatic carbocycles. The molecule has 2 aliphatic rings. The summed E-state index contributed by atoms with van der Waals surface area (Å²) in [5.41, 5.74) is -0.570. The number of aromatic amines is 1. The van der Waals surface area contributed by atoms with Crippen molar-refractivity contribution < 1.29 is 14.3 Å². The van der Waals surface area contributed by atoms with Gasteiger partial charge in [-0.1, -0.05) is 0 Å². The molecule has 1 aromatic heterocycles. The van der Waals surface area contributed by atoms with E-state index in [2.05, 4.69) is 4.98 Å². The molecule has 18 heavy (non-hydrogen) atoms. The summed E-state index contributed by atoms with van der Waals surface area (Å²) in [5.74, 6) is -0.283. The van der Waals surface area contributed by atoms with E-state index in [4.69, 9.17) is 9.47 Å². The van der Waals surface area contributed by atoms with Crippen LogP contribution in [-0.4, -0.2) is 28.2 Å². The molecular formula is C11H12N2O5. The van der Waals surface area contributed by atoms with Gasteiger partial charge in [0, 0.05) is 17.7 Å². The third-order valence-corrected chi connectivity index (χ3v) is 3.34. The first-order valence-electron chi connectivity index (χ1n) is 5.69. The molecule has 0 saturated carbocycles. The highest BCUT2D eigenvalue weighted by Gasteiger charge is 2.47. The van der Waals surface area contributed by atoms with Crippen molar-refractivity contribution >= 4 is 5.97 Å². The summed E-state index contributed by atoms with van der Waals surface area (Å²) >= 11 is 0. The quantitative estimate of drug-likeness (QED) is 0.668. The Labute approximate surface area is 101 Å². The zero-order chi connectivity index (χ0) is 12.9. The van der Waals surface area contributed by atoms with Gasteiger partial charge in [-0.2, -0.15) is 0 Å². The lowest BCUT2D eigenvalue weighted by Crippen LogP contribution is -2.37. The van der Waals surface area contributed by atoms with Gasteiger partial charge < -0.3 is 9.47 Å². The van der Waals surface area contributed by atoms with Gasteiger partial charge in [-0.25, -0.2) is 4.79 Å². The van der Waals surface area contributed by atoms with Crippen LogP contribution < -0.4 is 11.2 Å². The molecule has 1 aromatic rings. The lowest BCUT2D eigenvalue weighted by molar-refractivity contribution is -0.147. The zero-order valence-electron chi connectivity index (χ0n) is 9.71. The van der Waals surface area contributed by atoms with E-state index < -0.39 is 23.6 Å². The maximum atomic E-state index is 11.7. The standard InChI is InChI=1S/C11H12N2O5/c1-5-3-13(11(16)12-9(5)15)10-8-6(4-17-10)2-7(14)18-8/h3,6,8,10H,2,4H2,1H3,(H,12,15,16)/t6-,8-,10+/m0/s1. The minimum Gasteiger partial charge on any atom is -0.457 e. The smallest absolute Gasteiger partial charge is 0.330 e. The lowest BCUT2D eigenvalue weighted by Gasteiger charge is -2.18. The largest absolute Gasteiger partial charge is 0.457 e. The van der Waals surface area contributed by atoms with Gasteiger partial charge in [-0.05, 0) is 6.92 Å². The molecule has 0 aliphatic carbocycles. The Morgan fingerprint density at radius 3 is 2.94 bits per heavy atom. The fourth-order valence-corrected chi connectivity index (χ4v) is 2.40. The molecule has 0 spiro atoms. The zero-order valence-corrected chi connectivity index (χ0v) is 9.71. The van der Waals surface area contributed by atoms with Crippen LogP contribution in [-0.2, 0) is 14.3 Å². The minimum absolute atomic E-state index is 0.0124. The average Bonchev–Trinajstić information content (AvgIpc) is 2.82. The van der Waals surface area contributed by atoms with Crippen molar-refractivity contribution in [3.05, 3.63) is 32.6 Å². The summed E-state index contributed by atoms with van der Waals surface area (Å²) in [5, 5.41) is 0. The van der Waals surface area contributed by atoms with Gasteiger partial charge in [-0.3, -0.25) is 19.1 Å². The van der Waals surface area contributed by atoms with Crippen LogP contribution >= 0.6 is 0 Å². The van der Waals surface area contributed by atoms with Crippen molar-refractivity contribution in [2.24, 2.45) is 5.92 Å². The van der Waals surface area contributed by atoms with Gasteiger partial charge in [0.05, 0.1) is 13.0 Å². The molecule has 3 atom stereocenters. The summed E-state index contributed by atoms with van der Waals surface area (Å²) < 4.78 is 11.9. The van der Waals surface area contributed by atoms with Gasteiger partial charge in [0.15, 0.2) is 12.3 Å². The van der Waals surface area contributed by atoms with E-state index in [1.165, 1.54) is 10.8 Å². The topological polar surface area (TPSA) is 90.4 Å². The van der Waals surface area contributed by atoms with Gasteiger partial charge in [0.1, 0.15) is 0 Å². The predicted molar refractivity (Wildman–Crippen MR) is 59.0 cm³/mol. The van der Waals surface area contributed by atoms with Gasteiger partial charge in [0.25, 0.3) is 5.56 Å². The molecule has 96 valence electrons. The molecule has 7 nitrogen and oxygen atoms in total. The van der Waals surface area contributed by atoms with E-state index in [-0.39, 0.29) is 11.9 Å². The van der Waals surface area contributed by atoms with Crippen molar-refractivity contribution in [2.45, 2.75) is 25.7 Å². The summed E-state index contributed by atoms with van der Waals surface area (Å²) in [6, 6.07) is 0. The van der Waals surface area contributed by atoms with E-state index in [0.717, 1.165) is 0 Å². The average molecular weight is 252 g/mol. The van der Waals surface area contributed by atoms with Crippen LogP contribution in [0.1, 0.15) is 18.2 Å². The number of nitrogens with zero attached hydrogens (tertiary/aromatic N) is 1. The van der Waals surface area contributed by atoms with Crippen molar-refractivity contribution in [3.8, 4) is 0 Å². The van der Waals surface area contributed by atoms with Crippen LogP contribution in [0.2, 0.25) is 0 Å². The molecule has 2 fully saturated rings. The molecule has 3 rings (SSSR count). The molecule has 7 heteroatoms. The van der Waals surface area contributed by atoms with Crippen LogP contribution in [0.25, 0.3) is 0 Å². The Morgan fingerprint density at radius 1 is 1.39 bits per heavy atom. The Hall–Kier alpha value is -1.89. The number of ether oxygens (including phenoxy) is 2. The van der Waals surface area contributed by atoms with Crippen molar-refractivity contribution in [3.63, 3.8) is 0 Å². The lowest BCUT2D eigenvalue weighted by atomic mass is 10.0. The molecule has 2 saturated heterocycles. The SMILES string of the molecule is Cc1cn([C@@H]2OC[C@@H]3CC(=O)O[C@@H]32)c(=O)[nH]c1=O. The maximum absolute atomic E-state index is 11.7. The molecule has 0 bridgehead atoms. The number of nitrogens with one attached hydrogen (secondary N) is 1. The number of hydrogen-bond acceptors (Lipinski definition) is 5. The molecular weight excluding hydrogens is 240 g/mol. The second kappa shape index (κ2) is 3.81. The second-order valence-electron chi connectivity index (χ2n) is 4.62. The van der Waals surface area contributed by atoms with E-state index in [1.807, 2.05) is 0 Å². The normalized spacial score (nSPS) is 30.3. The van der Waals surface area contributed by atoms with E-state index >= 15 is 0 Å². The minimum atomic E-state index is -0.649. The number of fused-ring (bicyclic) bond motifs is 1. The maximum Gasteiger partial charge on any atom is 0.330 e. The summed E-state index contributed by atoms with van der Waals surface area (Å²) in [6.45, 7) is 1.98. The van der Waals surface area contributed by atoms with Crippen LogP contribution in [0.3, 0.4) is 0 Å². The number of esters is 1. The number of aromatic nitrogens is 2. The van der Waals surface area contributed by atoms with Crippen molar-refractivity contribution in [1.82, 2.24) is 9.55 Å². The Bertz CT molecular complexity index is 617. The van der Waals surface area contributed by atoms with E-state index in [0.29, 0.717) is 18.6 Å². The Morgan fingerprint density at radius 2 is 2.17 bits per heavy atom. The second-order valence-corrected chi connectivity index (χ2v) is 4.62. The van der Waals surface area contributed by atoms with Crippen molar-refractivity contribution in [1.29, 1.82) is 0 Å². The number of carbonyl (C=O) groups is 1. The third-order valence-electron chi connectivity index (χ3n) is 3.34. The molecule has 0 amide bonds. The summed E-state index contributed by atoms with van der Waals surface area (Å²) in [7, 11) is 0. The predicted octanol–water partition coefficient (Wildman–Crippen LogP) is -0.694. The number of rotatable bonds is 1. The fraction of sp³-hybridized carbons (Fsp3) is 0.545. The highest BCUT2D eigenvalue weighted by molar-refractivity contribution is 5.72. The highest BCUT2D eigenvalue weighted by Crippen LogP contribution is 2.37. The monoisotopic (exact) mass is 252 g/mol. The molecule has 2 aliphatic heterocycles. The van der Waals surface area contributed by atoms with Gasteiger partial charge >= 0.3 is 11.7 Å². The van der Waals surface area contributed by atoms with Crippen LogP contribution in [0.15, 0.2) is 15.8 Å². The van der Waals surface area contributed by atoms with Crippen LogP contribution in [0, 0.1) is 12.8 Å². The van der Waals surface area contributed by atoms with E-state index in [1.54, 1.807) is 6.92 Å². The molecule has 1 N–H and O–H groups in total. The fourth-order valence-electron chi connectivity index (χ4n) is 2.40. The summed E-state index contributed by atoms with van der Waals surface area (Å²) in [6.07, 6.45) is 0.656. The Balaban J connectivity index is 2.01. The number of carbonyl (C=O) groups excluding carboxylic acids is 1. The Kier molecular flexibility index (Phi) is 2.37. The first kappa shape index (κ1) is 11.2. The van der Waals surface area contributed by atoms with Crippen LogP contribution in [0.4, 0.5) is 0 Å². The highest BCUT2D eigenvalue weighted by atomic mass is 16.6. The first-order chi connectivity index (χ1) is 8.56. The number of aryl methyl sites for hydroxylation is 1. The number of hydrogen-bond donors (Lipinski definition) is 1.